The van der Waals surface area contributed by atoms with Crippen LogP contribution in [0.3, 0.4) is 0 Å². The molecule has 0 saturated carbocycles. The molecule has 5 nitrogen and oxygen atoms in total. The van der Waals surface area contributed by atoms with Crippen LogP contribution in [0.4, 0.5) is 15.8 Å². The Morgan fingerprint density at radius 2 is 1.73 bits per heavy atom. The molecule has 1 aliphatic rings. The number of nitrogens with one attached hydrogen (secondary N) is 3. The highest BCUT2D eigenvalue weighted by molar-refractivity contribution is 6.02. The monoisotopic (exact) mass is 403 g/mol. The third kappa shape index (κ3) is 4.33. The quantitative estimate of drug-likeness (QED) is 0.587. The number of carbonyl (C=O) groups excluding carboxylic acids is 2. The molecule has 3 aromatic carbocycles. The van der Waals surface area contributed by atoms with Gasteiger partial charge in [0.05, 0.1) is 5.56 Å². The van der Waals surface area contributed by atoms with E-state index >= 15 is 0 Å². The van der Waals surface area contributed by atoms with Crippen LogP contribution in [0.25, 0.3) is 0 Å². The van der Waals surface area contributed by atoms with Crippen LogP contribution in [0.2, 0.25) is 0 Å². The van der Waals surface area contributed by atoms with Gasteiger partial charge in [0.2, 0.25) is 5.91 Å². The van der Waals surface area contributed by atoms with Gasteiger partial charge in [0.15, 0.2) is 0 Å². The second-order valence-electron chi connectivity index (χ2n) is 7.19. The summed E-state index contributed by atoms with van der Waals surface area (Å²) < 4.78 is 14.0. The fraction of sp³-hybridized carbons (Fsp3) is 0.167. The van der Waals surface area contributed by atoms with Crippen molar-refractivity contribution in [2.75, 3.05) is 17.2 Å². The topological polar surface area (TPSA) is 70.2 Å². The van der Waals surface area contributed by atoms with E-state index in [1.165, 1.54) is 18.2 Å². The van der Waals surface area contributed by atoms with E-state index in [4.69, 9.17) is 0 Å². The maximum Gasteiger partial charge on any atom is 0.254 e. The smallest absolute Gasteiger partial charge is 0.254 e. The van der Waals surface area contributed by atoms with Crippen LogP contribution in [0.15, 0.2) is 72.8 Å². The Balaban J connectivity index is 1.57. The van der Waals surface area contributed by atoms with Gasteiger partial charge in [-0.3, -0.25) is 9.59 Å². The molecule has 6 heteroatoms. The molecule has 1 unspecified atom stereocenters. The summed E-state index contributed by atoms with van der Waals surface area (Å²) in [6.07, 6.45) is 1.11. The molecule has 0 aromatic heterocycles. The van der Waals surface area contributed by atoms with Crippen LogP contribution in [0.1, 0.15) is 21.5 Å². The average molecular weight is 403 g/mol. The molecule has 0 radical (unpaired) electrons. The number of rotatable bonds is 6. The van der Waals surface area contributed by atoms with Crippen molar-refractivity contribution in [2.45, 2.75) is 18.9 Å². The lowest BCUT2D eigenvalue weighted by Gasteiger charge is -2.20. The minimum Gasteiger partial charge on any atom is -0.384 e. The fourth-order valence-corrected chi connectivity index (χ4v) is 3.62. The molecule has 2 amide bonds. The van der Waals surface area contributed by atoms with Crippen molar-refractivity contribution >= 4 is 23.2 Å². The second kappa shape index (κ2) is 8.78. The first-order chi connectivity index (χ1) is 14.6. The molecule has 0 bridgehead atoms. The Bertz CT molecular complexity index is 1070. The van der Waals surface area contributed by atoms with Crippen LogP contribution < -0.4 is 16.0 Å². The van der Waals surface area contributed by atoms with E-state index < -0.39 is 17.8 Å². The van der Waals surface area contributed by atoms with E-state index in [0.29, 0.717) is 6.42 Å². The van der Waals surface area contributed by atoms with Gasteiger partial charge in [-0.05, 0) is 36.2 Å². The van der Waals surface area contributed by atoms with E-state index in [-0.39, 0.29) is 11.5 Å². The molecule has 3 aromatic rings. The number of hydrogen-bond donors (Lipinski definition) is 3. The van der Waals surface area contributed by atoms with Gasteiger partial charge in [-0.25, -0.2) is 4.39 Å². The van der Waals surface area contributed by atoms with Crippen LogP contribution in [-0.4, -0.2) is 24.4 Å². The Hall–Kier alpha value is -3.67. The number of fused-ring (bicyclic) bond motifs is 1. The largest absolute Gasteiger partial charge is 0.384 e. The Labute approximate surface area is 174 Å². The van der Waals surface area contributed by atoms with Gasteiger partial charge in [0.1, 0.15) is 11.9 Å². The minimum absolute atomic E-state index is 0.0897. The first-order valence-corrected chi connectivity index (χ1v) is 9.88. The molecule has 1 atom stereocenters. The summed E-state index contributed by atoms with van der Waals surface area (Å²) in [5, 5.41) is 8.93. The lowest BCUT2D eigenvalue weighted by Crippen LogP contribution is -2.45. The number of anilines is 2. The lowest BCUT2D eigenvalue weighted by atomic mass is 10.0. The Morgan fingerprint density at radius 1 is 0.967 bits per heavy atom. The highest BCUT2D eigenvalue weighted by Gasteiger charge is 2.25. The van der Waals surface area contributed by atoms with E-state index in [9.17, 15) is 14.0 Å². The van der Waals surface area contributed by atoms with Crippen molar-refractivity contribution in [1.82, 2.24) is 5.32 Å². The molecular formula is C24H22FN3O2. The number of carbonyl (C=O) groups is 2. The summed E-state index contributed by atoms with van der Waals surface area (Å²) in [4.78, 5) is 25.8. The standard InChI is InChI=1S/C24H22FN3O2/c25-19-10-5-4-9-17(19)23(29)28-22(15-16-7-2-1-3-8-16)24(30)27-21-12-6-11-20-18(21)13-14-26-20/h1-12,22,26H,13-15H2,(H,27,30)(H,28,29). The molecule has 0 aliphatic carbocycles. The normalized spacial score (nSPS) is 13.1. The van der Waals surface area contributed by atoms with E-state index in [1.54, 1.807) is 6.07 Å². The highest BCUT2D eigenvalue weighted by atomic mass is 19.1. The molecular weight excluding hydrogens is 381 g/mol. The third-order valence-electron chi connectivity index (χ3n) is 5.15. The van der Waals surface area contributed by atoms with E-state index in [2.05, 4.69) is 16.0 Å². The molecule has 4 rings (SSSR count). The summed E-state index contributed by atoms with van der Waals surface area (Å²) in [7, 11) is 0. The predicted molar refractivity (Wildman–Crippen MR) is 115 cm³/mol. The van der Waals surface area contributed by atoms with Crippen LogP contribution in [0.5, 0.6) is 0 Å². The molecule has 0 spiro atoms. The van der Waals surface area contributed by atoms with Gasteiger partial charge in [0.25, 0.3) is 5.91 Å². The summed E-state index contributed by atoms with van der Waals surface area (Å²) in [5.74, 6) is -1.59. The maximum atomic E-state index is 14.0. The van der Waals surface area contributed by atoms with Crippen molar-refractivity contribution in [3.63, 3.8) is 0 Å². The fourth-order valence-electron chi connectivity index (χ4n) is 3.62. The highest BCUT2D eigenvalue weighted by Crippen LogP contribution is 2.29. The lowest BCUT2D eigenvalue weighted by molar-refractivity contribution is -0.118. The van der Waals surface area contributed by atoms with Crippen molar-refractivity contribution in [3.8, 4) is 0 Å². The summed E-state index contributed by atoms with van der Waals surface area (Å²) in [6, 6.07) is 20.0. The summed E-state index contributed by atoms with van der Waals surface area (Å²) in [6.45, 7) is 0.819. The van der Waals surface area contributed by atoms with E-state index in [0.717, 1.165) is 35.5 Å². The Morgan fingerprint density at radius 3 is 2.53 bits per heavy atom. The van der Waals surface area contributed by atoms with Gasteiger partial charge >= 0.3 is 0 Å². The van der Waals surface area contributed by atoms with Gasteiger partial charge in [-0.1, -0.05) is 48.5 Å². The van der Waals surface area contributed by atoms with Gasteiger partial charge < -0.3 is 16.0 Å². The molecule has 0 saturated heterocycles. The number of hydrogen-bond acceptors (Lipinski definition) is 3. The Kier molecular flexibility index (Phi) is 5.75. The molecule has 30 heavy (non-hydrogen) atoms. The SMILES string of the molecule is O=C(NC(Cc1ccccc1)C(=O)Nc1cccc2c1CCN2)c1ccccc1F. The van der Waals surface area contributed by atoms with Crippen LogP contribution >= 0.6 is 0 Å². The minimum atomic E-state index is -0.857. The second-order valence-corrected chi connectivity index (χ2v) is 7.19. The number of amides is 2. The number of halogens is 1. The van der Waals surface area contributed by atoms with Crippen LogP contribution in [-0.2, 0) is 17.6 Å². The van der Waals surface area contributed by atoms with Crippen molar-refractivity contribution in [1.29, 1.82) is 0 Å². The summed E-state index contributed by atoms with van der Waals surface area (Å²) >= 11 is 0. The zero-order valence-electron chi connectivity index (χ0n) is 16.3. The molecule has 3 N–H and O–H groups in total. The van der Waals surface area contributed by atoms with Crippen LogP contribution in [0, 0.1) is 5.82 Å². The number of benzene rings is 3. The zero-order chi connectivity index (χ0) is 20.9. The molecule has 152 valence electrons. The maximum absolute atomic E-state index is 14.0. The molecule has 0 fully saturated rings. The zero-order valence-corrected chi connectivity index (χ0v) is 16.3. The van der Waals surface area contributed by atoms with Gasteiger partial charge in [0, 0.05) is 29.9 Å². The third-order valence-corrected chi connectivity index (χ3v) is 5.15. The summed E-state index contributed by atoms with van der Waals surface area (Å²) in [5.41, 5.74) is 3.58. The van der Waals surface area contributed by atoms with Gasteiger partial charge in [-0.2, -0.15) is 0 Å². The van der Waals surface area contributed by atoms with Crippen molar-refractivity contribution in [3.05, 3.63) is 95.3 Å². The van der Waals surface area contributed by atoms with E-state index in [1.807, 2.05) is 48.5 Å². The molecule has 1 heterocycles. The first kappa shape index (κ1) is 19.6. The molecule has 1 aliphatic heterocycles. The van der Waals surface area contributed by atoms with Crippen molar-refractivity contribution < 1.29 is 14.0 Å². The van der Waals surface area contributed by atoms with Gasteiger partial charge in [-0.15, -0.1) is 0 Å². The van der Waals surface area contributed by atoms with Crippen molar-refractivity contribution in [2.24, 2.45) is 0 Å². The first-order valence-electron chi connectivity index (χ1n) is 9.88. The average Bonchev–Trinajstić information content (AvgIpc) is 3.24. The predicted octanol–water partition coefficient (Wildman–Crippen LogP) is 3.77.